The smallest absolute Gasteiger partial charge is 0.336 e. The predicted octanol–water partition coefficient (Wildman–Crippen LogP) is 4.53. The molecule has 0 amide bonds. The van der Waals surface area contributed by atoms with E-state index in [2.05, 4.69) is 0 Å². The van der Waals surface area contributed by atoms with Crippen LogP contribution in [0.1, 0.15) is 31.4 Å². The zero-order chi connectivity index (χ0) is 22.8. The summed E-state index contributed by atoms with van der Waals surface area (Å²) in [6.45, 7) is 4.84. The van der Waals surface area contributed by atoms with Crippen molar-refractivity contribution in [1.82, 2.24) is 0 Å². The summed E-state index contributed by atoms with van der Waals surface area (Å²) in [4.78, 5) is 0. The Hall–Kier alpha value is -1.57. The van der Waals surface area contributed by atoms with E-state index in [-0.39, 0.29) is 26.2 Å². The van der Waals surface area contributed by atoms with Gasteiger partial charge in [0, 0.05) is 6.42 Å². The van der Waals surface area contributed by atoms with Crippen LogP contribution in [0.5, 0.6) is 0 Å². The Bertz CT molecular complexity index is 823. The third-order valence-electron chi connectivity index (χ3n) is 5.22. The van der Waals surface area contributed by atoms with Gasteiger partial charge in [0.25, 0.3) is 0 Å². The third-order valence-corrected chi connectivity index (χ3v) is 7.78. The van der Waals surface area contributed by atoms with E-state index in [1.807, 2.05) is 60.7 Å². The average molecular weight is 464 g/mol. The Labute approximate surface area is 190 Å². The number of hydrogen-bond donors (Lipinski definition) is 1. The molecule has 0 radical (unpaired) electrons. The molecule has 0 aromatic heterocycles. The molecule has 0 bridgehead atoms. The molecule has 4 atom stereocenters. The molecule has 2 aromatic rings. The Morgan fingerprint density at radius 2 is 1.50 bits per heavy atom. The SMILES string of the molecule is CCOP(=O)(OCC)[C@H]1CC(O)O[C@H](COCc2ccccc2)[C@@H]1OCc1ccccc1. The first-order valence-electron chi connectivity index (χ1n) is 11.0. The van der Waals surface area contributed by atoms with Crippen molar-refractivity contribution >= 4 is 7.60 Å². The zero-order valence-electron chi connectivity index (χ0n) is 18.7. The Balaban J connectivity index is 1.78. The summed E-state index contributed by atoms with van der Waals surface area (Å²) >= 11 is 0. The monoisotopic (exact) mass is 464 g/mol. The first kappa shape index (κ1) is 25.1. The highest BCUT2D eigenvalue weighted by Gasteiger charge is 2.50. The van der Waals surface area contributed by atoms with Crippen LogP contribution in [-0.4, -0.2) is 49.1 Å². The molecule has 1 heterocycles. The summed E-state index contributed by atoms with van der Waals surface area (Å²) in [5.74, 6) is 0. The molecule has 2 aromatic carbocycles. The Morgan fingerprint density at radius 3 is 2.06 bits per heavy atom. The Morgan fingerprint density at radius 1 is 0.938 bits per heavy atom. The highest BCUT2D eigenvalue weighted by molar-refractivity contribution is 7.54. The van der Waals surface area contributed by atoms with Gasteiger partial charge in [-0.2, -0.15) is 0 Å². The van der Waals surface area contributed by atoms with Crippen LogP contribution in [0.2, 0.25) is 0 Å². The van der Waals surface area contributed by atoms with E-state index in [9.17, 15) is 9.67 Å². The number of benzene rings is 2. The number of aliphatic hydroxyl groups is 1. The van der Waals surface area contributed by atoms with E-state index in [4.69, 9.17) is 23.3 Å². The fraction of sp³-hybridized carbons (Fsp3) is 0.500. The molecular formula is C24H33O7P. The van der Waals surface area contributed by atoms with Crippen molar-refractivity contribution in [2.45, 2.75) is 57.6 Å². The first-order chi connectivity index (χ1) is 15.6. The van der Waals surface area contributed by atoms with Gasteiger partial charge in [0.1, 0.15) is 12.2 Å². The van der Waals surface area contributed by atoms with Crippen molar-refractivity contribution in [1.29, 1.82) is 0 Å². The topological polar surface area (TPSA) is 83.5 Å². The molecule has 3 rings (SSSR count). The van der Waals surface area contributed by atoms with Gasteiger partial charge in [-0.3, -0.25) is 4.57 Å². The van der Waals surface area contributed by atoms with Gasteiger partial charge in [-0.25, -0.2) is 0 Å². The van der Waals surface area contributed by atoms with E-state index in [1.54, 1.807) is 13.8 Å². The summed E-state index contributed by atoms with van der Waals surface area (Å²) in [5, 5.41) is 10.4. The van der Waals surface area contributed by atoms with Crippen LogP contribution in [-0.2, 0) is 41.0 Å². The lowest BCUT2D eigenvalue weighted by molar-refractivity contribution is -0.224. The van der Waals surface area contributed by atoms with Crippen molar-refractivity contribution in [3.63, 3.8) is 0 Å². The summed E-state index contributed by atoms with van der Waals surface area (Å²) in [5.41, 5.74) is 1.32. The van der Waals surface area contributed by atoms with Crippen molar-refractivity contribution < 1.29 is 32.9 Å². The molecule has 1 fully saturated rings. The van der Waals surface area contributed by atoms with Crippen molar-refractivity contribution in [2.75, 3.05) is 19.8 Å². The maximum Gasteiger partial charge on any atom is 0.336 e. The first-order valence-corrected chi connectivity index (χ1v) is 12.7. The minimum atomic E-state index is -3.56. The maximum atomic E-state index is 13.6. The molecule has 7 nitrogen and oxygen atoms in total. The minimum absolute atomic E-state index is 0.0892. The van der Waals surface area contributed by atoms with Crippen LogP contribution >= 0.6 is 7.60 Å². The van der Waals surface area contributed by atoms with Crippen molar-refractivity contribution in [3.05, 3.63) is 71.8 Å². The predicted molar refractivity (Wildman–Crippen MR) is 121 cm³/mol. The second-order valence-electron chi connectivity index (χ2n) is 7.57. The van der Waals surface area contributed by atoms with Gasteiger partial charge in [-0.15, -0.1) is 0 Å². The largest absolute Gasteiger partial charge is 0.374 e. The van der Waals surface area contributed by atoms with Gasteiger partial charge in [0.15, 0.2) is 6.29 Å². The second kappa shape index (κ2) is 12.6. The quantitative estimate of drug-likeness (QED) is 0.462. The van der Waals surface area contributed by atoms with Crippen molar-refractivity contribution in [3.8, 4) is 0 Å². The lowest BCUT2D eigenvalue weighted by Crippen LogP contribution is -2.51. The van der Waals surface area contributed by atoms with Gasteiger partial charge in [0.2, 0.25) is 0 Å². The maximum absolute atomic E-state index is 13.6. The zero-order valence-corrected chi connectivity index (χ0v) is 19.6. The van der Waals surface area contributed by atoms with Crippen LogP contribution in [0, 0.1) is 0 Å². The molecule has 0 aliphatic carbocycles. The van der Waals surface area contributed by atoms with Gasteiger partial charge in [0.05, 0.1) is 38.7 Å². The molecule has 32 heavy (non-hydrogen) atoms. The average Bonchev–Trinajstić information content (AvgIpc) is 2.80. The fourth-order valence-electron chi connectivity index (χ4n) is 3.81. The summed E-state index contributed by atoms with van der Waals surface area (Å²) in [7, 11) is -3.56. The molecule has 8 heteroatoms. The van der Waals surface area contributed by atoms with E-state index < -0.39 is 31.8 Å². The molecule has 1 aliphatic heterocycles. The van der Waals surface area contributed by atoms with Crippen LogP contribution in [0.3, 0.4) is 0 Å². The minimum Gasteiger partial charge on any atom is -0.374 e. The van der Waals surface area contributed by atoms with E-state index in [1.165, 1.54) is 0 Å². The van der Waals surface area contributed by atoms with E-state index in [0.717, 1.165) is 11.1 Å². The molecule has 176 valence electrons. The molecular weight excluding hydrogens is 431 g/mol. The van der Waals surface area contributed by atoms with Gasteiger partial charge < -0.3 is 28.4 Å². The fourth-order valence-corrected chi connectivity index (χ4v) is 6.06. The number of hydrogen-bond acceptors (Lipinski definition) is 7. The van der Waals surface area contributed by atoms with Gasteiger partial charge >= 0.3 is 7.60 Å². The van der Waals surface area contributed by atoms with Crippen LogP contribution in [0.15, 0.2) is 60.7 Å². The number of rotatable bonds is 12. The number of ether oxygens (including phenoxy) is 3. The summed E-state index contributed by atoms with van der Waals surface area (Å²) in [6, 6.07) is 19.5. The second-order valence-corrected chi connectivity index (χ2v) is 9.83. The standard InChI is InChI=1S/C24H33O7P/c1-3-29-32(26,30-4-2)22-15-23(25)31-21(18-27-16-19-11-7-5-8-12-19)24(22)28-17-20-13-9-6-10-14-20/h5-14,21-25H,3-4,15-18H2,1-2H3/t21-,22+,23?,24+/m1/s1. The van der Waals surface area contributed by atoms with Crippen LogP contribution in [0.25, 0.3) is 0 Å². The Kier molecular flexibility index (Phi) is 9.88. The van der Waals surface area contributed by atoms with E-state index in [0.29, 0.717) is 13.2 Å². The lowest BCUT2D eigenvalue weighted by Gasteiger charge is -2.42. The normalized spacial score (nSPS) is 23.8. The van der Waals surface area contributed by atoms with Crippen molar-refractivity contribution in [2.24, 2.45) is 0 Å². The molecule has 0 spiro atoms. The molecule has 1 saturated heterocycles. The van der Waals surface area contributed by atoms with Gasteiger partial charge in [-0.1, -0.05) is 60.7 Å². The lowest BCUT2D eigenvalue weighted by atomic mass is 10.0. The summed E-state index contributed by atoms with van der Waals surface area (Å²) < 4.78 is 42.8. The molecule has 1 aliphatic rings. The highest BCUT2D eigenvalue weighted by atomic mass is 31.2. The number of aliphatic hydroxyl groups excluding tert-OH is 1. The third kappa shape index (κ3) is 6.96. The van der Waals surface area contributed by atoms with E-state index >= 15 is 0 Å². The van der Waals surface area contributed by atoms with Crippen LogP contribution in [0.4, 0.5) is 0 Å². The molecule has 0 saturated carbocycles. The summed E-state index contributed by atoms with van der Waals surface area (Å²) in [6.07, 6.45) is -2.30. The highest BCUT2D eigenvalue weighted by Crippen LogP contribution is 2.58. The molecule has 1 unspecified atom stereocenters. The van der Waals surface area contributed by atoms with Gasteiger partial charge in [-0.05, 0) is 25.0 Å². The molecule has 1 N–H and O–H groups in total. The van der Waals surface area contributed by atoms with Crippen LogP contribution < -0.4 is 0 Å².